The normalized spacial score (nSPS) is 20.1. The van der Waals surface area contributed by atoms with E-state index in [9.17, 15) is 36.6 Å². The average Bonchev–Trinajstić information content (AvgIpc) is 3.70. The summed E-state index contributed by atoms with van der Waals surface area (Å²) >= 11 is 1.11. The van der Waals surface area contributed by atoms with Gasteiger partial charge in [0.05, 0.1) is 29.4 Å². The van der Waals surface area contributed by atoms with Crippen LogP contribution in [0.3, 0.4) is 0 Å². The Bertz CT molecular complexity index is 1630. The number of aromatic nitrogens is 3. The van der Waals surface area contributed by atoms with Crippen LogP contribution in [-0.2, 0) is 12.4 Å². The summed E-state index contributed by atoms with van der Waals surface area (Å²) in [6.07, 6.45) is -6.49. The highest BCUT2D eigenvalue weighted by Crippen LogP contribution is 2.45. The molecule has 0 radical (unpaired) electrons. The molecule has 14 heteroatoms. The quantitative estimate of drug-likeness (QED) is 0.199. The van der Waals surface area contributed by atoms with Gasteiger partial charge in [0.15, 0.2) is 5.13 Å². The Kier molecular flexibility index (Phi) is 6.74. The van der Waals surface area contributed by atoms with Crippen molar-refractivity contribution >= 4 is 39.0 Å². The van der Waals surface area contributed by atoms with Crippen molar-refractivity contribution in [3.8, 4) is 5.88 Å². The molecule has 6 rings (SSSR count). The van der Waals surface area contributed by atoms with Gasteiger partial charge < -0.3 is 15.1 Å². The lowest BCUT2D eigenvalue weighted by Crippen LogP contribution is -2.47. The van der Waals surface area contributed by atoms with Crippen LogP contribution in [0.1, 0.15) is 33.6 Å². The summed E-state index contributed by atoms with van der Waals surface area (Å²) in [5.41, 5.74) is -2.07. The molecule has 2 atom stereocenters. The monoisotopic (exact) mass is 595 g/mol. The minimum Gasteiger partial charge on any atom is -0.492 e. The molecule has 4 aromatic rings. The van der Waals surface area contributed by atoms with Crippen molar-refractivity contribution in [2.75, 3.05) is 31.1 Å². The van der Waals surface area contributed by atoms with Gasteiger partial charge in [0.1, 0.15) is 4.88 Å². The number of H-pyrrole nitrogens is 1. The van der Waals surface area contributed by atoms with Crippen molar-refractivity contribution in [1.82, 2.24) is 20.1 Å². The van der Waals surface area contributed by atoms with E-state index in [2.05, 4.69) is 20.1 Å². The van der Waals surface area contributed by atoms with Crippen LogP contribution in [-0.4, -0.2) is 68.6 Å². The molecule has 2 unspecified atom stereocenters. The average molecular weight is 596 g/mol. The standard InChI is InChI=1S/C27H23F6N5O2S/c28-26(29,30)17-3-1-15(21(9-17)27(31,32)33)8-20(14-2-4-22-16(7-14)11-34-36-22)23-24(40)35-25(41-23)38-13-18-10-19(38)12-37(18)5-6-39/h1-4,7-9,11,18-19,39-40H,5-6,10,12-13H2,(H,34,36). The zero-order valence-corrected chi connectivity index (χ0v) is 22.0. The van der Waals surface area contributed by atoms with E-state index in [0.717, 1.165) is 29.9 Å². The van der Waals surface area contributed by atoms with Gasteiger partial charge in [-0.15, -0.1) is 0 Å². The molecule has 0 saturated carbocycles. The number of thiazole rings is 1. The first kappa shape index (κ1) is 27.5. The molecule has 2 aliphatic heterocycles. The number of piperazine rings is 1. The summed E-state index contributed by atoms with van der Waals surface area (Å²) < 4.78 is 81.9. The van der Waals surface area contributed by atoms with E-state index in [4.69, 9.17) is 0 Å². The second-order valence-corrected chi connectivity index (χ2v) is 11.1. The Balaban J connectivity index is 1.46. The van der Waals surface area contributed by atoms with Gasteiger partial charge in [-0.3, -0.25) is 10.00 Å². The maximum atomic E-state index is 14.0. The zero-order valence-electron chi connectivity index (χ0n) is 21.2. The molecule has 2 aliphatic rings. The van der Waals surface area contributed by atoms with Crippen LogP contribution < -0.4 is 4.90 Å². The fourth-order valence-corrected chi connectivity index (χ4v) is 6.71. The zero-order chi connectivity index (χ0) is 29.1. The summed E-state index contributed by atoms with van der Waals surface area (Å²) in [5.74, 6) is -0.390. The lowest BCUT2D eigenvalue weighted by molar-refractivity contribution is -0.143. The topological polar surface area (TPSA) is 88.5 Å². The number of aromatic amines is 1. The molecule has 2 aromatic carbocycles. The number of aliphatic hydroxyl groups is 1. The number of nitrogens with zero attached hydrogens (tertiary/aromatic N) is 4. The van der Waals surface area contributed by atoms with Crippen LogP contribution in [0.25, 0.3) is 22.6 Å². The number of aromatic hydroxyl groups is 1. The summed E-state index contributed by atoms with van der Waals surface area (Å²) in [7, 11) is 0. The van der Waals surface area contributed by atoms with Gasteiger partial charge in [0.25, 0.3) is 0 Å². The lowest BCUT2D eigenvalue weighted by atomic mass is 9.96. The van der Waals surface area contributed by atoms with Crippen LogP contribution in [0.4, 0.5) is 31.5 Å². The first-order valence-electron chi connectivity index (χ1n) is 12.7. The fourth-order valence-electron chi connectivity index (χ4n) is 5.64. The Morgan fingerprint density at radius 3 is 2.54 bits per heavy atom. The minimum atomic E-state index is -5.07. The molecule has 2 bridgehead atoms. The molecule has 41 heavy (non-hydrogen) atoms. The van der Waals surface area contributed by atoms with Crippen LogP contribution in [0.15, 0.2) is 42.6 Å². The summed E-state index contributed by atoms with van der Waals surface area (Å²) in [5, 5.41) is 28.2. The largest absolute Gasteiger partial charge is 0.492 e. The smallest absolute Gasteiger partial charge is 0.417 e. The van der Waals surface area contributed by atoms with E-state index in [1.54, 1.807) is 18.2 Å². The predicted molar refractivity (Wildman–Crippen MR) is 141 cm³/mol. The first-order chi connectivity index (χ1) is 19.4. The number of hydrogen-bond acceptors (Lipinski definition) is 7. The van der Waals surface area contributed by atoms with Crippen molar-refractivity contribution in [3.05, 3.63) is 69.7 Å². The van der Waals surface area contributed by atoms with Crippen LogP contribution in [0.5, 0.6) is 5.88 Å². The minimum absolute atomic E-state index is 0.0461. The number of benzene rings is 2. The summed E-state index contributed by atoms with van der Waals surface area (Å²) in [6.45, 7) is 1.93. The molecular weight excluding hydrogens is 572 g/mol. The van der Waals surface area contributed by atoms with Gasteiger partial charge >= 0.3 is 12.4 Å². The molecule has 0 amide bonds. The second-order valence-electron chi connectivity index (χ2n) is 10.1. The van der Waals surface area contributed by atoms with Crippen LogP contribution in [0, 0.1) is 0 Å². The highest BCUT2D eigenvalue weighted by molar-refractivity contribution is 7.17. The molecule has 4 heterocycles. The van der Waals surface area contributed by atoms with E-state index in [0.29, 0.717) is 47.3 Å². The highest BCUT2D eigenvalue weighted by atomic mass is 32.1. The van der Waals surface area contributed by atoms with Gasteiger partial charge in [0.2, 0.25) is 5.88 Å². The number of nitrogens with one attached hydrogen (secondary N) is 1. The number of alkyl halides is 6. The molecule has 3 N–H and O–H groups in total. The molecule has 2 saturated heterocycles. The number of aliphatic hydroxyl groups excluding tert-OH is 1. The molecule has 2 fully saturated rings. The Hall–Kier alpha value is -3.62. The number of likely N-dealkylation sites (tertiary alicyclic amines) is 1. The third-order valence-corrected chi connectivity index (χ3v) is 8.68. The van der Waals surface area contributed by atoms with Crippen molar-refractivity contribution < 1.29 is 36.6 Å². The predicted octanol–water partition coefficient (Wildman–Crippen LogP) is 5.61. The van der Waals surface area contributed by atoms with E-state index in [1.165, 1.54) is 6.20 Å². The Labute approximate surface area is 233 Å². The third-order valence-electron chi connectivity index (χ3n) is 7.57. The number of rotatable bonds is 6. The summed E-state index contributed by atoms with van der Waals surface area (Å²) in [4.78, 5) is 8.76. The van der Waals surface area contributed by atoms with Gasteiger partial charge in [-0.25, -0.2) is 0 Å². The van der Waals surface area contributed by atoms with Gasteiger partial charge in [-0.05, 0) is 47.9 Å². The summed E-state index contributed by atoms with van der Waals surface area (Å²) in [6, 6.07) is 6.79. The second kappa shape index (κ2) is 10.0. The fraction of sp³-hybridized carbons (Fsp3) is 0.333. The molecule has 2 aromatic heterocycles. The Morgan fingerprint density at radius 1 is 1.05 bits per heavy atom. The maximum Gasteiger partial charge on any atom is 0.417 e. The van der Waals surface area contributed by atoms with Crippen molar-refractivity contribution in [3.63, 3.8) is 0 Å². The molecule has 0 spiro atoms. The SMILES string of the molecule is OCCN1CC2CC1CN2c1nc(O)c(C(=Cc2ccc(C(F)(F)F)cc2C(F)(F)F)c2ccc3[nH]ncc3c2)s1. The van der Waals surface area contributed by atoms with Crippen molar-refractivity contribution in [1.29, 1.82) is 0 Å². The van der Waals surface area contributed by atoms with Crippen molar-refractivity contribution in [2.24, 2.45) is 0 Å². The van der Waals surface area contributed by atoms with Gasteiger partial charge in [-0.2, -0.15) is 36.4 Å². The molecule has 0 aliphatic carbocycles. The van der Waals surface area contributed by atoms with Gasteiger partial charge in [-0.1, -0.05) is 23.5 Å². The number of β-amino-alcohol motifs (C(OH)–C–C–N with tert-alkyl or cyclic N) is 1. The third kappa shape index (κ3) is 5.15. The van der Waals surface area contributed by atoms with E-state index < -0.39 is 29.0 Å². The maximum absolute atomic E-state index is 14.0. The van der Waals surface area contributed by atoms with E-state index >= 15 is 0 Å². The number of fused-ring (bicyclic) bond motifs is 3. The van der Waals surface area contributed by atoms with E-state index in [1.807, 2.05) is 4.90 Å². The molecule has 216 valence electrons. The number of hydrogen-bond donors (Lipinski definition) is 3. The van der Waals surface area contributed by atoms with E-state index in [-0.39, 0.29) is 41.1 Å². The van der Waals surface area contributed by atoms with Gasteiger partial charge in [0, 0.05) is 42.7 Å². The first-order valence-corrected chi connectivity index (χ1v) is 13.5. The molecular formula is C27H23F6N5O2S. The van der Waals surface area contributed by atoms with Crippen LogP contribution in [0.2, 0.25) is 0 Å². The Morgan fingerprint density at radius 2 is 1.85 bits per heavy atom. The highest BCUT2D eigenvalue weighted by Gasteiger charge is 2.44. The lowest BCUT2D eigenvalue weighted by Gasteiger charge is -2.33. The number of halogens is 6. The van der Waals surface area contributed by atoms with Crippen LogP contribution >= 0.6 is 11.3 Å². The molecule has 7 nitrogen and oxygen atoms in total. The van der Waals surface area contributed by atoms with Crippen molar-refractivity contribution in [2.45, 2.75) is 30.9 Å². The number of anilines is 1.